The topological polar surface area (TPSA) is 94.1 Å². The maximum atomic E-state index is 14.0. The second-order valence-corrected chi connectivity index (χ2v) is 11.0. The fraction of sp³-hybridized carbons (Fsp3) is 0.533. The fourth-order valence-electron chi connectivity index (χ4n) is 5.63. The van der Waals surface area contributed by atoms with E-state index in [4.69, 9.17) is 4.74 Å². The number of carbonyl (C=O) groups is 2. The summed E-state index contributed by atoms with van der Waals surface area (Å²) in [6.45, 7) is 7.42. The van der Waals surface area contributed by atoms with Crippen molar-refractivity contribution in [3.05, 3.63) is 71.3 Å². The third-order valence-electron chi connectivity index (χ3n) is 7.56. The quantitative estimate of drug-likeness (QED) is 0.372. The average molecular weight is 559 g/mol. The van der Waals surface area contributed by atoms with Crippen molar-refractivity contribution in [2.24, 2.45) is 0 Å². The summed E-state index contributed by atoms with van der Waals surface area (Å²) in [5, 5.41) is 17.7. The number of carbonyl (C=O) groups excluding carboxylic acids is 2. The Labute approximate surface area is 234 Å². The van der Waals surface area contributed by atoms with E-state index in [1.165, 1.54) is 12.1 Å². The first-order valence-electron chi connectivity index (χ1n) is 14.1. The van der Waals surface area contributed by atoms with Crippen molar-refractivity contribution in [1.29, 1.82) is 0 Å². The van der Waals surface area contributed by atoms with Gasteiger partial charge in [-0.2, -0.15) is 0 Å². The maximum absolute atomic E-state index is 14.0. The summed E-state index contributed by atoms with van der Waals surface area (Å²) in [6.07, 6.45) is 0.0592. The summed E-state index contributed by atoms with van der Waals surface area (Å²) < 4.78 is 34.0. The number of ether oxygens (including phenoxy) is 1. The van der Waals surface area contributed by atoms with Gasteiger partial charge in [0, 0.05) is 31.2 Å². The lowest BCUT2D eigenvalue weighted by atomic mass is 9.94. The number of halogens is 2. The highest BCUT2D eigenvalue weighted by atomic mass is 19.1. The van der Waals surface area contributed by atoms with E-state index in [1.807, 2.05) is 51.1 Å². The summed E-state index contributed by atoms with van der Waals surface area (Å²) in [7, 11) is 0. The number of rotatable bonds is 12. The van der Waals surface area contributed by atoms with Crippen LogP contribution in [0.15, 0.2) is 48.5 Å². The van der Waals surface area contributed by atoms with Crippen LogP contribution in [0.4, 0.5) is 13.6 Å². The molecule has 0 unspecified atom stereocenters. The van der Waals surface area contributed by atoms with Gasteiger partial charge >= 0.3 is 6.03 Å². The molecule has 4 rings (SSSR count). The molecule has 2 heterocycles. The van der Waals surface area contributed by atoms with Crippen LogP contribution in [0.1, 0.15) is 44.7 Å². The fourth-order valence-corrected chi connectivity index (χ4v) is 5.63. The smallest absolute Gasteiger partial charge is 0.321 e. The SMILES string of the molecule is CCCN1C[C@@H](C(=O)N[C@@H](Cc2cc(F)cc(F)c2)[C@H](O)[C@H]2C[C@@H](OCc3ccccc3)CN2)N(C(C)C)C1=O. The van der Waals surface area contributed by atoms with Crippen LogP contribution in [0, 0.1) is 11.6 Å². The molecule has 2 fully saturated rings. The standard InChI is InChI=1S/C30H40F2N4O4/c1-4-10-35-17-27(36(19(2)3)30(35)39)29(38)34-26(13-21-11-22(31)14-23(32)12-21)28(37)25-15-24(16-33-25)40-18-20-8-6-5-7-9-20/h5-9,11-12,14,19,24-28,33,37H,4,10,13,15-18H2,1-3H3,(H,34,38)/t24-,25-,26+,27+,28-/m1/s1. The molecule has 2 saturated heterocycles. The van der Waals surface area contributed by atoms with E-state index in [1.54, 1.807) is 9.80 Å². The predicted octanol–water partition coefficient (Wildman–Crippen LogP) is 3.22. The molecule has 3 amide bonds. The number of aliphatic hydroxyl groups excluding tert-OH is 1. The van der Waals surface area contributed by atoms with Crippen molar-refractivity contribution < 1.29 is 28.2 Å². The molecular formula is C30H40F2N4O4. The normalized spacial score (nSPS) is 22.7. The molecule has 218 valence electrons. The molecule has 0 saturated carbocycles. The summed E-state index contributed by atoms with van der Waals surface area (Å²) in [4.78, 5) is 29.8. The molecule has 2 aliphatic heterocycles. The number of hydrogen-bond acceptors (Lipinski definition) is 5. The zero-order chi connectivity index (χ0) is 28.8. The second-order valence-electron chi connectivity index (χ2n) is 11.0. The van der Waals surface area contributed by atoms with E-state index in [0.29, 0.717) is 31.7 Å². The average Bonchev–Trinajstić information content (AvgIpc) is 3.52. The monoisotopic (exact) mass is 558 g/mol. The second kappa shape index (κ2) is 13.5. The maximum Gasteiger partial charge on any atom is 0.321 e. The third-order valence-corrected chi connectivity index (χ3v) is 7.56. The molecular weight excluding hydrogens is 518 g/mol. The zero-order valence-electron chi connectivity index (χ0n) is 23.4. The van der Waals surface area contributed by atoms with Crippen molar-refractivity contribution in [2.75, 3.05) is 19.6 Å². The van der Waals surface area contributed by atoms with Gasteiger partial charge in [-0.1, -0.05) is 37.3 Å². The first-order valence-corrected chi connectivity index (χ1v) is 14.1. The van der Waals surface area contributed by atoms with Crippen molar-refractivity contribution in [1.82, 2.24) is 20.4 Å². The number of hydrogen-bond donors (Lipinski definition) is 3. The predicted molar refractivity (Wildman–Crippen MR) is 147 cm³/mol. The molecule has 2 aromatic rings. The zero-order valence-corrected chi connectivity index (χ0v) is 23.4. The molecule has 10 heteroatoms. The molecule has 8 nitrogen and oxygen atoms in total. The number of nitrogens with zero attached hydrogens (tertiary/aromatic N) is 2. The van der Waals surface area contributed by atoms with Crippen LogP contribution in [0.3, 0.4) is 0 Å². The van der Waals surface area contributed by atoms with Crippen LogP contribution in [-0.2, 0) is 22.6 Å². The number of aliphatic hydroxyl groups is 1. The van der Waals surface area contributed by atoms with Crippen LogP contribution in [-0.4, -0.2) is 82.9 Å². The lowest BCUT2D eigenvalue weighted by Gasteiger charge is -2.32. The molecule has 0 bridgehead atoms. The summed E-state index contributed by atoms with van der Waals surface area (Å²) in [5.41, 5.74) is 1.36. The molecule has 5 atom stereocenters. The van der Waals surface area contributed by atoms with Crippen LogP contribution in [0.25, 0.3) is 0 Å². The summed E-state index contributed by atoms with van der Waals surface area (Å²) in [5.74, 6) is -1.87. The third kappa shape index (κ3) is 7.35. The molecule has 40 heavy (non-hydrogen) atoms. The minimum Gasteiger partial charge on any atom is -0.389 e. The van der Waals surface area contributed by atoms with E-state index >= 15 is 0 Å². The Balaban J connectivity index is 1.48. The molecule has 2 aliphatic rings. The minimum absolute atomic E-state index is 0.0102. The Hall–Kier alpha value is -3.08. The highest BCUT2D eigenvalue weighted by molar-refractivity contribution is 5.91. The van der Waals surface area contributed by atoms with Crippen LogP contribution in [0.5, 0.6) is 0 Å². The molecule has 2 aromatic carbocycles. The lowest BCUT2D eigenvalue weighted by Crippen LogP contribution is -2.57. The molecule has 3 N–H and O–H groups in total. The number of amides is 3. The highest BCUT2D eigenvalue weighted by Crippen LogP contribution is 2.23. The van der Waals surface area contributed by atoms with Crippen LogP contribution >= 0.6 is 0 Å². The van der Waals surface area contributed by atoms with E-state index in [9.17, 15) is 23.5 Å². The van der Waals surface area contributed by atoms with E-state index in [-0.39, 0.29) is 31.1 Å². The Kier molecular flexibility index (Phi) is 10.1. The van der Waals surface area contributed by atoms with Gasteiger partial charge in [-0.15, -0.1) is 0 Å². The Morgan fingerprint density at radius 2 is 1.85 bits per heavy atom. The van der Waals surface area contributed by atoms with Gasteiger partial charge in [-0.3, -0.25) is 4.79 Å². The largest absolute Gasteiger partial charge is 0.389 e. The van der Waals surface area contributed by atoms with E-state index in [2.05, 4.69) is 10.6 Å². The van der Waals surface area contributed by atoms with Crippen LogP contribution < -0.4 is 10.6 Å². The van der Waals surface area contributed by atoms with E-state index in [0.717, 1.165) is 18.1 Å². The lowest BCUT2D eigenvalue weighted by molar-refractivity contribution is -0.126. The summed E-state index contributed by atoms with van der Waals surface area (Å²) >= 11 is 0. The van der Waals surface area contributed by atoms with Gasteiger partial charge < -0.3 is 30.3 Å². The van der Waals surface area contributed by atoms with E-state index < -0.39 is 41.8 Å². The van der Waals surface area contributed by atoms with Crippen molar-refractivity contribution >= 4 is 11.9 Å². The Morgan fingerprint density at radius 3 is 2.50 bits per heavy atom. The molecule has 0 aliphatic carbocycles. The first-order chi connectivity index (χ1) is 19.2. The van der Waals surface area contributed by atoms with Gasteiger partial charge in [-0.25, -0.2) is 13.6 Å². The van der Waals surface area contributed by atoms with Gasteiger partial charge in [-0.05, 0) is 56.4 Å². The van der Waals surface area contributed by atoms with Crippen LogP contribution in [0.2, 0.25) is 0 Å². The number of urea groups is 1. The van der Waals surface area contributed by atoms with Gasteiger partial charge in [0.1, 0.15) is 17.7 Å². The Morgan fingerprint density at radius 1 is 1.15 bits per heavy atom. The molecule has 0 radical (unpaired) electrons. The van der Waals surface area contributed by atoms with Crippen molar-refractivity contribution in [2.45, 2.75) is 83.0 Å². The minimum atomic E-state index is -1.07. The van der Waals surface area contributed by atoms with Gasteiger partial charge in [0.2, 0.25) is 5.91 Å². The Bertz CT molecular complexity index is 1130. The van der Waals surface area contributed by atoms with Crippen molar-refractivity contribution in [3.63, 3.8) is 0 Å². The first kappa shape index (κ1) is 29.9. The van der Waals surface area contributed by atoms with Gasteiger partial charge in [0.05, 0.1) is 31.4 Å². The van der Waals surface area contributed by atoms with Gasteiger partial charge in [0.25, 0.3) is 0 Å². The molecule has 0 spiro atoms. The van der Waals surface area contributed by atoms with Crippen molar-refractivity contribution in [3.8, 4) is 0 Å². The number of benzene rings is 2. The highest BCUT2D eigenvalue weighted by Gasteiger charge is 2.44. The summed E-state index contributed by atoms with van der Waals surface area (Å²) in [6, 6.07) is 10.6. The van der Waals surface area contributed by atoms with Gasteiger partial charge in [0.15, 0.2) is 0 Å². The number of nitrogens with one attached hydrogen (secondary N) is 2. The molecule has 0 aromatic heterocycles.